The van der Waals surface area contributed by atoms with Gasteiger partial charge < -0.3 is 4.90 Å². The molecule has 2 heterocycles. The van der Waals surface area contributed by atoms with Crippen LogP contribution in [-0.4, -0.2) is 34.1 Å². The minimum absolute atomic E-state index is 0.0714. The van der Waals surface area contributed by atoms with E-state index < -0.39 is 0 Å². The number of aryl methyl sites for hydroxylation is 2. The molecule has 1 aliphatic heterocycles. The van der Waals surface area contributed by atoms with Crippen LogP contribution in [0.5, 0.6) is 0 Å². The summed E-state index contributed by atoms with van der Waals surface area (Å²) in [6, 6.07) is 10.4. The molecule has 0 bridgehead atoms. The molecule has 0 saturated carbocycles. The van der Waals surface area contributed by atoms with Gasteiger partial charge in [-0.25, -0.2) is 0 Å². The molecule has 0 fully saturated rings. The standard InChI is InChI=1S/C17H19N3O/c1-12-16(13(2)19-18-12)17(21)20-10-8-15(9-11-20)14-6-4-3-5-7-14/h3-8H,9-11H2,1-2H3,(H,18,19). The molecule has 4 heteroatoms. The highest BCUT2D eigenvalue weighted by atomic mass is 16.2. The Balaban J connectivity index is 1.77. The molecule has 1 aliphatic rings. The molecule has 1 aromatic carbocycles. The molecule has 4 nitrogen and oxygen atoms in total. The molecule has 108 valence electrons. The second-order valence-electron chi connectivity index (χ2n) is 5.41. The third-order valence-corrected chi connectivity index (χ3v) is 3.98. The first kappa shape index (κ1) is 13.6. The van der Waals surface area contributed by atoms with Gasteiger partial charge >= 0.3 is 0 Å². The number of hydrogen-bond acceptors (Lipinski definition) is 2. The van der Waals surface area contributed by atoms with Crippen molar-refractivity contribution in [3.63, 3.8) is 0 Å². The van der Waals surface area contributed by atoms with Crippen LogP contribution >= 0.6 is 0 Å². The zero-order valence-corrected chi connectivity index (χ0v) is 12.4. The maximum atomic E-state index is 12.6. The zero-order chi connectivity index (χ0) is 14.8. The lowest BCUT2D eigenvalue weighted by atomic mass is 9.99. The molecule has 1 amide bonds. The van der Waals surface area contributed by atoms with Crippen LogP contribution in [0.15, 0.2) is 36.4 Å². The Morgan fingerprint density at radius 2 is 2.00 bits per heavy atom. The lowest BCUT2D eigenvalue weighted by Crippen LogP contribution is -2.35. The number of benzene rings is 1. The van der Waals surface area contributed by atoms with E-state index in [2.05, 4.69) is 28.4 Å². The Bertz CT molecular complexity index is 666. The lowest BCUT2D eigenvalue weighted by Gasteiger charge is -2.26. The molecule has 0 saturated heterocycles. The number of hydrogen-bond donors (Lipinski definition) is 1. The molecule has 1 N–H and O–H groups in total. The van der Waals surface area contributed by atoms with Crippen molar-refractivity contribution in [3.8, 4) is 0 Å². The van der Waals surface area contributed by atoms with Crippen LogP contribution in [0, 0.1) is 13.8 Å². The van der Waals surface area contributed by atoms with Crippen molar-refractivity contribution in [1.82, 2.24) is 15.1 Å². The van der Waals surface area contributed by atoms with Crippen molar-refractivity contribution in [3.05, 3.63) is 58.9 Å². The van der Waals surface area contributed by atoms with Gasteiger partial charge in [0.05, 0.1) is 11.3 Å². The molecular weight excluding hydrogens is 262 g/mol. The van der Waals surface area contributed by atoms with Gasteiger partial charge in [-0.2, -0.15) is 5.10 Å². The molecule has 1 aromatic heterocycles. The highest BCUT2D eigenvalue weighted by Crippen LogP contribution is 2.23. The summed E-state index contributed by atoms with van der Waals surface area (Å²) in [5.41, 5.74) is 4.90. The Kier molecular flexibility index (Phi) is 3.60. The van der Waals surface area contributed by atoms with Gasteiger partial charge in [-0.3, -0.25) is 9.89 Å². The van der Waals surface area contributed by atoms with E-state index in [-0.39, 0.29) is 5.91 Å². The fourth-order valence-electron chi connectivity index (χ4n) is 2.79. The van der Waals surface area contributed by atoms with Gasteiger partial charge in [0.15, 0.2) is 0 Å². The first-order valence-electron chi connectivity index (χ1n) is 7.22. The summed E-state index contributed by atoms with van der Waals surface area (Å²) in [6.07, 6.45) is 3.05. The minimum atomic E-state index is 0.0714. The normalized spacial score (nSPS) is 15.0. The Hall–Kier alpha value is -2.36. The van der Waals surface area contributed by atoms with Crippen molar-refractivity contribution in [2.24, 2.45) is 0 Å². The highest BCUT2D eigenvalue weighted by molar-refractivity contribution is 5.96. The largest absolute Gasteiger partial charge is 0.334 e. The van der Waals surface area contributed by atoms with Crippen molar-refractivity contribution in [2.75, 3.05) is 13.1 Å². The quantitative estimate of drug-likeness (QED) is 0.920. The van der Waals surface area contributed by atoms with Crippen molar-refractivity contribution >= 4 is 11.5 Å². The summed E-state index contributed by atoms with van der Waals surface area (Å²) < 4.78 is 0. The summed E-state index contributed by atoms with van der Waals surface area (Å²) in [4.78, 5) is 14.5. The summed E-state index contributed by atoms with van der Waals surface area (Å²) in [5, 5.41) is 6.99. The highest BCUT2D eigenvalue weighted by Gasteiger charge is 2.23. The van der Waals surface area contributed by atoms with E-state index in [4.69, 9.17) is 0 Å². The second-order valence-corrected chi connectivity index (χ2v) is 5.41. The first-order valence-corrected chi connectivity index (χ1v) is 7.22. The monoisotopic (exact) mass is 281 g/mol. The summed E-state index contributed by atoms with van der Waals surface area (Å²) in [5.74, 6) is 0.0714. The number of carbonyl (C=O) groups excluding carboxylic acids is 1. The van der Waals surface area contributed by atoms with Gasteiger partial charge in [0, 0.05) is 18.8 Å². The van der Waals surface area contributed by atoms with Gasteiger partial charge in [0.25, 0.3) is 5.91 Å². The van der Waals surface area contributed by atoms with Crippen LogP contribution in [-0.2, 0) is 0 Å². The van der Waals surface area contributed by atoms with Crippen LogP contribution in [0.2, 0.25) is 0 Å². The van der Waals surface area contributed by atoms with Crippen molar-refractivity contribution in [2.45, 2.75) is 20.3 Å². The molecule has 2 aromatic rings. The summed E-state index contributed by atoms with van der Waals surface area (Å²) in [6.45, 7) is 5.17. The number of nitrogens with one attached hydrogen (secondary N) is 1. The van der Waals surface area contributed by atoms with Gasteiger partial charge in [-0.1, -0.05) is 36.4 Å². The van der Waals surface area contributed by atoms with E-state index >= 15 is 0 Å². The Morgan fingerprint density at radius 3 is 2.57 bits per heavy atom. The average Bonchev–Trinajstić information content (AvgIpc) is 2.87. The van der Waals surface area contributed by atoms with Gasteiger partial charge in [-0.15, -0.1) is 0 Å². The summed E-state index contributed by atoms with van der Waals surface area (Å²) in [7, 11) is 0. The van der Waals surface area contributed by atoms with Crippen LogP contribution < -0.4 is 0 Å². The SMILES string of the molecule is Cc1n[nH]c(C)c1C(=O)N1CC=C(c2ccccc2)CC1. The molecule has 0 aliphatic carbocycles. The van der Waals surface area contributed by atoms with E-state index in [1.807, 2.05) is 36.9 Å². The number of H-pyrrole nitrogens is 1. The van der Waals surface area contributed by atoms with Crippen LogP contribution in [0.25, 0.3) is 5.57 Å². The van der Waals surface area contributed by atoms with Crippen LogP contribution in [0.4, 0.5) is 0 Å². The Morgan fingerprint density at radius 1 is 1.24 bits per heavy atom. The molecule has 0 unspecified atom stereocenters. The van der Waals surface area contributed by atoms with E-state index in [1.165, 1.54) is 11.1 Å². The zero-order valence-electron chi connectivity index (χ0n) is 12.4. The van der Waals surface area contributed by atoms with E-state index in [9.17, 15) is 4.79 Å². The number of aromatic nitrogens is 2. The number of carbonyl (C=O) groups is 1. The molecular formula is C17H19N3O. The van der Waals surface area contributed by atoms with Gasteiger partial charge in [0.2, 0.25) is 0 Å². The third-order valence-electron chi connectivity index (χ3n) is 3.98. The fraction of sp³-hybridized carbons (Fsp3) is 0.294. The molecule has 0 spiro atoms. The number of amides is 1. The predicted octanol–water partition coefficient (Wildman–Crippen LogP) is 2.96. The van der Waals surface area contributed by atoms with Gasteiger partial charge in [0.1, 0.15) is 0 Å². The number of rotatable bonds is 2. The number of nitrogens with zero attached hydrogens (tertiary/aromatic N) is 2. The molecule has 0 atom stereocenters. The van der Waals surface area contributed by atoms with E-state index in [0.29, 0.717) is 12.1 Å². The van der Waals surface area contributed by atoms with Crippen molar-refractivity contribution < 1.29 is 4.79 Å². The number of aromatic amines is 1. The maximum absolute atomic E-state index is 12.6. The fourth-order valence-corrected chi connectivity index (χ4v) is 2.79. The third kappa shape index (κ3) is 2.61. The lowest BCUT2D eigenvalue weighted by molar-refractivity contribution is 0.0771. The van der Waals surface area contributed by atoms with Crippen molar-refractivity contribution in [1.29, 1.82) is 0 Å². The average molecular weight is 281 g/mol. The molecule has 21 heavy (non-hydrogen) atoms. The van der Waals surface area contributed by atoms with Gasteiger partial charge in [-0.05, 0) is 31.4 Å². The van der Waals surface area contributed by atoms with Crippen LogP contribution in [0.3, 0.4) is 0 Å². The smallest absolute Gasteiger partial charge is 0.257 e. The van der Waals surface area contributed by atoms with E-state index in [0.717, 1.165) is 24.4 Å². The van der Waals surface area contributed by atoms with E-state index in [1.54, 1.807) is 0 Å². The maximum Gasteiger partial charge on any atom is 0.257 e. The topological polar surface area (TPSA) is 49.0 Å². The molecule has 3 rings (SSSR count). The predicted molar refractivity (Wildman–Crippen MR) is 83.0 cm³/mol. The minimum Gasteiger partial charge on any atom is -0.334 e. The van der Waals surface area contributed by atoms with Crippen LogP contribution in [0.1, 0.15) is 33.7 Å². The first-order chi connectivity index (χ1) is 10.2. The summed E-state index contributed by atoms with van der Waals surface area (Å²) >= 11 is 0. The molecule has 0 radical (unpaired) electrons. The Labute approximate surface area is 124 Å². The second kappa shape index (κ2) is 5.56.